The van der Waals surface area contributed by atoms with Gasteiger partial charge in [0.15, 0.2) is 0 Å². The Labute approximate surface area is 91.9 Å². The van der Waals surface area contributed by atoms with Gasteiger partial charge in [-0.05, 0) is 6.04 Å². The predicted molar refractivity (Wildman–Crippen MR) is 67.0 cm³/mol. The zero-order valence-electron chi connectivity index (χ0n) is 8.25. The zero-order valence-corrected chi connectivity index (χ0v) is 10.0. The van der Waals surface area contributed by atoms with Crippen LogP contribution in [0.15, 0.2) is 54.9 Å². The van der Waals surface area contributed by atoms with Gasteiger partial charge in [-0.1, -0.05) is 47.3 Å². The number of alkyl halides is 1. The van der Waals surface area contributed by atoms with Gasteiger partial charge in [-0.25, -0.2) is 0 Å². The van der Waals surface area contributed by atoms with E-state index in [9.17, 15) is 0 Å². The Morgan fingerprint density at radius 2 is 1.71 bits per heavy atom. The Balaban J connectivity index is 2.84. The molecule has 0 saturated heterocycles. The molecule has 0 aliphatic rings. The molecule has 0 nitrogen and oxygen atoms in total. The molecular formula is C12H15ClSi. The topological polar surface area (TPSA) is 0 Å². The second kappa shape index (κ2) is 5.18. The van der Waals surface area contributed by atoms with Crippen LogP contribution < -0.4 is 0 Å². The molecule has 1 aromatic carbocycles. The molecule has 14 heavy (non-hydrogen) atoms. The van der Waals surface area contributed by atoms with E-state index in [1.54, 1.807) is 0 Å². The van der Waals surface area contributed by atoms with Crippen molar-refractivity contribution in [1.82, 2.24) is 0 Å². The summed E-state index contributed by atoms with van der Waals surface area (Å²) in [7, 11) is -1.67. The van der Waals surface area contributed by atoms with E-state index in [4.69, 9.17) is 11.6 Å². The third-order valence-electron chi connectivity index (χ3n) is 2.44. The van der Waals surface area contributed by atoms with Gasteiger partial charge in [0.25, 0.3) is 0 Å². The van der Waals surface area contributed by atoms with Crippen molar-refractivity contribution in [2.75, 3.05) is 5.50 Å². The van der Waals surface area contributed by atoms with Gasteiger partial charge in [-0.15, -0.1) is 24.8 Å². The average molecular weight is 223 g/mol. The predicted octanol–water partition coefficient (Wildman–Crippen LogP) is 3.45. The van der Waals surface area contributed by atoms with E-state index in [0.29, 0.717) is 5.50 Å². The average Bonchev–Trinajstić information content (AvgIpc) is 2.28. The van der Waals surface area contributed by atoms with Crippen molar-refractivity contribution >= 4 is 19.7 Å². The van der Waals surface area contributed by atoms with Crippen LogP contribution in [0, 0.1) is 0 Å². The van der Waals surface area contributed by atoms with E-state index in [1.165, 1.54) is 5.56 Å². The lowest BCUT2D eigenvalue weighted by Crippen LogP contribution is -2.36. The fourth-order valence-electron chi connectivity index (χ4n) is 1.36. The van der Waals surface area contributed by atoms with Crippen molar-refractivity contribution in [3.05, 3.63) is 60.5 Å². The summed E-state index contributed by atoms with van der Waals surface area (Å²) in [6.07, 6.45) is 0. The molecule has 0 spiro atoms. The van der Waals surface area contributed by atoms with Gasteiger partial charge in [0.1, 0.15) is 8.07 Å². The lowest BCUT2D eigenvalue weighted by molar-refractivity contribution is 1.33. The Morgan fingerprint density at radius 3 is 2.14 bits per heavy atom. The normalized spacial score (nSPS) is 10.9. The van der Waals surface area contributed by atoms with Crippen LogP contribution >= 0.6 is 11.6 Å². The van der Waals surface area contributed by atoms with Crippen molar-refractivity contribution < 1.29 is 0 Å². The molecule has 0 fully saturated rings. The molecule has 0 aliphatic heterocycles. The summed E-state index contributed by atoms with van der Waals surface area (Å²) in [6, 6.07) is 11.4. The number of hydrogen-bond donors (Lipinski definition) is 0. The maximum atomic E-state index is 5.99. The van der Waals surface area contributed by atoms with Crippen molar-refractivity contribution in [3.63, 3.8) is 0 Å². The molecule has 0 aromatic heterocycles. The first-order valence-corrected chi connectivity index (χ1v) is 7.74. The van der Waals surface area contributed by atoms with E-state index in [-0.39, 0.29) is 0 Å². The Bertz CT molecular complexity index is 297. The number of hydrogen-bond acceptors (Lipinski definition) is 0. The number of rotatable bonds is 5. The lowest BCUT2D eigenvalue weighted by Gasteiger charge is -2.21. The summed E-state index contributed by atoms with van der Waals surface area (Å²) >= 11 is 5.99. The summed E-state index contributed by atoms with van der Waals surface area (Å²) < 4.78 is 0. The summed E-state index contributed by atoms with van der Waals surface area (Å²) in [5, 5.41) is 0. The number of benzene rings is 1. The zero-order chi connectivity index (χ0) is 10.4. The van der Waals surface area contributed by atoms with Gasteiger partial charge in [0.05, 0.1) is 0 Å². The highest BCUT2D eigenvalue weighted by molar-refractivity contribution is 6.92. The molecule has 0 N–H and O–H groups in total. The van der Waals surface area contributed by atoms with Crippen LogP contribution in [0.4, 0.5) is 0 Å². The van der Waals surface area contributed by atoms with Crippen molar-refractivity contribution in [2.45, 2.75) is 6.04 Å². The SMILES string of the molecule is C=C[Si](C=C)(CCl)Cc1ccccc1. The molecule has 74 valence electrons. The van der Waals surface area contributed by atoms with Gasteiger partial charge in [-0.3, -0.25) is 0 Å². The third kappa shape index (κ3) is 2.60. The molecule has 0 atom stereocenters. The minimum atomic E-state index is -1.67. The van der Waals surface area contributed by atoms with Crippen molar-refractivity contribution in [1.29, 1.82) is 0 Å². The van der Waals surface area contributed by atoms with Crippen LogP contribution in [0.2, 0.25) is 0 Å². The van der Waals surface area contributed by atoms with Crippen molar-refractivity contribution in [2.24, 2.45) is 0 Å². The van der Waals surface area contributed by atoms with Gasteiger partial charge in [0, 0.05) is 5.50 Å². The quantitative estimate of drug-likeness (QED) is 0.529. The van der Waals surface area contributed by atoms with Crippen LogP contribution in [0.3, 0.4) is 0 Å². The Kier molecular flexibility index (Phi) is 4.17. The summed E-state index contributed by atoms with van der Waals surface area (Å²) in [5.74, 6) is 0. The lowest BCUT2D eigenvalue weighted by atomic mass is 10.2. The Morgan fingerprint density at radius 1 is 1.14 bits per heavy atom. The molecular weight excluding hydrogens is 208 g/mol. The fourth-order valence-corrected chi connectivity index (χ4v) is 4.06. The molecule has 0 aliphatic carbocycles. The highest BCUT2D eigenvalue weighted by Crippen LogP contribution is 2.15. The third-order valence-corrected chi connectivity index (χ3v) is 7.12. The van der Waals surface area contributed by atoms with Gasteiger partial charge < -0.3 is 0 Å². The van der Waals surface area contributed by atoms with Crippen LogP contribution in [0.25, 0.3) is 0 Å². The molecule has 2 heteroatoms. The highest BCUT2D eigenvalue weighted by atomic mass is 35.5. The maximum Gasteiger partial charge on any atom is 0.120 e. The largest absolute Gasteiger partial charge is 0.129 e. The molecule has 0 heterocycles. The van der Waals surface area contributed by atoms with Crippen LogP contribution in [0.5, 0.6) is 0 Å². The second-order valence-corrected chi connectivity index (χ2v) is 8.14. The summed E-state index contributed by atoms with van der Waals surface area (Å²) in [5.41, 5.74) is 6.01. The highest BCUT2D eigenvalue weighted by Gasteiger charge is 2.24. The molecule has 0 unspecified atom stereocenters. The standard InChI is InChI=1S/C12H15ClSi/c1-3-14(4-2,11-13)10-12-8-6-5-7-9-12/h3-9H,1-2,10-11H2. The van der Waals surface area contributed by atoms with E-state index >= 15 is 0 Å². The van der Waals surface area contributed by atoms with Crippen LogP contribution in [-0.2, 0) is 6.04 Å². The molecule has 0 bridgehead atoms. The molecule has 0 saturated carbocycles. The smallest absolute Gasteiger partial charge is 0.120 e. The first kappa shape index (κ1) is 11.3. The monoisotopic (exact) mass is 222 g/mol. The maximum absolute atomic E-state index is 5.99. The number of halogens is 1. The molecule has 1 rings (SSSR count). The summed E-state index contributed by atoms with van der Waals surface area (Å²) in [6.45, 7) is 7.75. The fraction of sp³-hybridized carbons (Fsp3) is 0.167. The van der Waals surface area contributed by atoms with E-state index in [1.807, 2.05) is 17.5 Å². The van der Waals surface area contributed by atoms with E-state index in [2.05, 4.69) is 37.4 Å². The second-order valence-electron chi connectivity index (χ2n) is 3.44. The van der Waals surface area contributed by atoms with Crippen LogP contribution in [-0.4, -0.2) is 13.6 Å². The van der Waals surface area contributed by atoms with Gasteiger partial charge in [-0.2, -0.15) is 0 Å². The minimum absolute atomic E-state index is 0.662. The van der Waals surface area contributed by atoms with Gasteiger partial charge >= 0.3 is 0 Å². The van der Waals surface area contributed by atoms with E-state index in [0.717, 1.165) is 6.04 Å². The minimum Gasteiger partial charge on any atom is -0.129 e. The van der Waals surface area contributed by atoms with Crippen molar-refractivity contribution in [3.8, 4) is 0 Å². The van der Waals surface area contributed by atoms with E-state index < -0.39 is 8.07 Å². The van der Waals surface area contributed by atoms with Crippen LogP contribution in [0.1, 0.15) is 5.56 Å². The Hall–Kier alpha value is -0.793. The molecule has 0 amide bonds. The molecule has 0 radical (unpaired) electrons. The first-order valence-electron chi connectivity index (χ1n) is 4.63. The van der Waals surface area contributed by atoms with Gasteiger partial charge in [0.2, 0.25) is 0 Å². The first-order chi connectivity index (χ1) is 6.76. The summed E-state index contributed by atoms with van der Waals surface area (Å²) in [4.78, 5) is 0. The molecule has 1 aromatic rings.